The molecule has 0 heterocycles. The zero-order chi connectivity index (χ0) is 15.5. The van der Waals surface area contributed by atoms with E-state index in [1.165, 1.54) is 16.7 Å². The van der Waals surface area contributed by atoms with Crippen LogP contribution < -0.4 is 5.32 Å². The van der Waals surface area contributed by atoms with Crippen molar-refractivity contribution in [3.05, 3.63) is 59.2 Å². The number of benzene rings is 2. The molecule has 3 nitrogen and oxygen atoms in total. The number of nitrogens with one attached hydrogen (secondary N) is 1. The summed E-state index contributed by atoms with van der Waals surface area (Å²) in [6.45, 7) is 6.44. The molecule has 2 aromatic carbocycles. The van der Waals surface area contributed by atoms with Crippen molar-refractivity contribution in [3.63, 3.8) is 0 Å². The molecular formula is C17H21NO2S. The highest BCUT2D eigenvalue weighted by atomic mass is 32.2. The largest absolute Gasteiger partial charge is 0.380 e. The number of hydrogen-bond acceptors (Lipinski definition) is 3. The van der Waals surface area contributed by atoms with E-state index < -0.39 is 9.84 Å². The molecule has 0 aromatic heterocycles. The lowest BCUT2D eigenvalue weighted by Crippen LogP contribution is -2.09. The molecule has 0 saturated carbocycles. The molecule has 0 unspecified atom stereocenters. The highest BCUT2D eigenvalue weighted by Gasteiger charge is 2.15. The van der Waals surface area contributed by atoms with Gasteiger partial charge in [-0.2, -0.15) is 0 Å². The van der Waals surface area contributed by atoms with E-state index in [0.29, 0.717) is 17.1 Å². The predicted octanol–water partition coefficient (Wildman–Crippen LogP) is 3.71. The van der Waals surface area contributed by atoms with Crippen LogP contribution in [0.25, 0.3) is 0 Å². The highest BCUT2D eigenvalue weighted by molar-refractivity contribution is 7.91. The van der Waals surface area contributed by atoms with Crippen LogP contribution >= 0.6 is 0 Å². The van der Waals surface area contributed by atoms with Gasteiger partial charge in [-0.3, -0.25) is 0 Å². The fourth-order valence-corrected chi connectivity index (χ4v) is 3.31. The topological polar surface area (TPSA) is 46.2 Å². The van der Waals surface area contributed by atoms with Crippen LogP contribution in [0.2, 0.25) is 0 Å². The summed E-state index contributed by atoms with van der Waals surface area (Å²) in [6, 6.07) is 13.2. The maximum absolute atomic E-state index is 12.1. The van der Waals surface area contributed by atoms with Crippen molar-refractivity contribution in [2.24, 2.45) is 0 Å². The molecule has 0 spiro atoms. The molecular weight excluding hydrogens is 282 g/mol. The Hall–Kier alpha value is -1.81. The molecule has 0 aliphatic rings. The van der Waals surface area contributed by atoms with Gasteiger partial charge in [0.25, 0.3) is 0 Å². The monoisotopic (exact) mass is 303 g/mol. The molecule has 112 valence electrons. The molecule has 4 heteroatoms. The van der Waals surface area contributed by atoms with Crippen LogP contribution in [0.15, 0.2) is 47.4 Å². The molecule has 0 aliphatic heterocycles. The molecule has 2 aromatic rings. The van der Waals surface area contributed by atoms with Gasteiger partial charge in [0.1, 0.15) is 0 Å². The van der Waals surface area contributed by atoms with Gasteiger partial charge < -0.3 is 5.32 Å². The van der Waals surface area contributed by atoms with E-state index in [4.69, 9.17) is 0 Å². The molecule has 0 aliphatic carbocycles. The lowest BCUT2D eigenvalue weighted by atomic mass is 10.0. The van der Waals surface area contributed by atoms with Crippen LogP contribution in [-0.4, -0.2) is 14.2 Å². The second kappa shape index (κ2) is 6.31. The first-order valence-corrected chi connectivity index (χ1v) is 8.71. The second-order valence-corrected chi connectivity index (χ2v) is 7.36. The van der Waals surface area contributed by atoms with E-state index in [1.54, 1.807) is 19.1 Å². The number of aryl methyl sites for hydroxylation is 1. The fraction of sp³-hybridized carbons (Fsp3) is 0.294. The maximum Gasteiger partial charge on any atom is 0.180 e. The summed E-state index contributed by atoms with van der Waals surface area (Å²) in [7, 11) is -3.21. The van der Waals surface area contributed by atoms with Crippen molar-refractivity contribution in [2.45, 2.75) is 32.2 Å². The zero-order valence-electron chi connectivity index (χ0n) is 12.7. The summed E-state index contributed by atoms with van der Waals surface area (Å²) in [5.74, 6) is 0.106. The number of anilines is 1. The van der Waals surface area contributed by atoms with Crippen molar-refractivity contribution >= 4 is 15.5 Å². The van der Waals surface area contributed by atoms with Crippen LogP contribution in [0.5, 0.6) is 0 Å². The fourth-order valence-electron chi connectivity index (χ4n) is 2.23. The maximum atomic E-state index is 12.1. The molecule has 21 heavy (non-hydrogen) atoms. The van der Waals surface area contributed by atoms with Crippen molar-refractivity contribution in [3.8, 4) is 0 Å². The SMILES string of the molecule is CCS(=O)(=O)c1ccccc1NCc1cccc(C)c1C. The summed E-state index contributed by atoms with van der Waals surface area (Å²) in [5, 5.41) is 3.26. The number of sulfone groups is 1. The molecule has 2 rings (SSSR count). The summed E-state index contributed by atoms with van der Waals surface area (Å²) >= 11 is 0. The van der Waals surface area contributed by atoms with Crippen LogP contribution in [0, 0.1) is 13.8 Å². The first-order chi connectivity index (χ1) is 9.95. The molecule has 0 amide bonds. The highest BCUT2D eigenvalue weighted by Crippen LogP contribution is 2.23. The normalized spacial score (nSPS) is 11.4. The van der Waals surface area contributed by atoms with Gasteiger partial charge in [0, 0.05) is 6.54 Å². The Kier molecular flexibility index (Phi) is 4.68. The third kappa shape index (κ3) is 3.45. The van der Waals surface area contributed by atoms with Crippen LogP contribution in [0.1, 0.15) is 23.6 Å². The quantitative estimate of drug-likeness (QED) is 0.916. The molecule has 0 atom stereocenters. The van der Waals surface area contributed by atoms with E-state index in [9.17, 15) is 8.42 Å². The van der Waals surface area contributed by atoms with E-state index >= 15 is 0 Å². The van der Waals surface area contributed by atoms with E-state index in [0.717, 1.165) is 0 Å². The zero-order valence-corrected chi connectivity index (χ0v) is 13.5. The average Bonchev–Trinajstić information content (AvgIpc) is 2.49. The minimum Gasteiger partial charge on any atom is -0.380 e. The Bertz CT molecular complexity index is 736. The molecule has 0 saturated heterocycles. The van der Waals surface area contributed by atoms with Gasteiger partial charge in [-0.25, -0.2) is 8.42 Å². The van der Waals surface area contributed by atoms with Crippen LogP contribution in [0.4, 0.5) is 5.69 Å². The van der Waals surface area contributed by atoms with Crippen LogP contribution in [-0.2, 0) is 16.4 Å². The van der Waals surface area contributed by atoms with Crippen molar-refractivity contribution < 1.29 is 8.42 Å². The third-order valence-electron chi connectivity index (χ3n) is 3.79. The first kappa shape index (κ1) is 15.6. The first-order valence-electron chi connectivity index (χ1n) is 7.06. The Balaban J connectivity index is 2.27. The predicted molar refractivity (Wildman–Crippen MR) is 87.4 cm³/mol. The van der Waals surface area contributed by atoms with Crippen molar-refractivity contribution in [1.82, 2.24) is 0 Å². The number of para-hydroxylation sites is 1. The smallest absolute Gasteiger partial charge is 0.180 e. The van der Waals surface area contributed by atoms with Crippen molar-refractivity contribution in [1.29, 1.82) is 0 Å². The van der Waals surface area contributed by atoms with Crippen LogP contribution in [0.3, 0.4) is 0 Å². The van der Waals surface area contributed by atoms with E-state index in [2.05, 4.69) is 31.3 Å². The second-order valence-electron chi connectivity index (χ2n) is 5.11. The minimum absolute atomic E-state index is 0.106. The molecule has 0 radical (unpaired) electrons. The summed E-state index contributed by atoms with van der Waals surface area (Å²) in [4.78, 5) is 0.373. The molecule has 0 bridgehead atoms. The van der Waals surface area contributed by atoms with Gasteiger partial charge in [0.15, 0.2) is 9.84 Å². The summed E-state index contributed by atoms with van der Waals surface area (Å²) < 4.78 is 24.2. The Morgan fingerprint density at radius 3 is 2.43 bits per heavy atom. The Labute approximate surface area is 126 Å². The minimum atomic E-state index is -3.21. The summed E-state index contributed by atoms with van der Waals surface area (Å²) in [5.41, 5.74) is 4.32. The van der Waals surface area contributed by atoms with Gasteiger partial charge in [-0.1, -0.05) is 37.3 Å². The van der Waals surface area contributed by atoms with E-state index in [1.807, 2.05) is 18.2 Å². The lowest BCUT2D eigenvalue weighted by Gasteiger charge is -2.14. The molecule has 0 fully saturated rings. The summed E-state index contributed by atoms with van der Waals surface area (Å²) in [6.07, 6.45) is 0. The lowest BCUT2D eigenvalue weighted by molar-refractivity contribution is 0.597. The standard InChI is InChI=1S/C17H21NO2S/c1-4-21(19,20)17-11-6-5-10-16(17)18-12-15-9-7-8-13(2)14(15)3/h5-11,18H,4,12H2,1-3H3. The van der Waals surface area contributed by atoms with E-state index in [-0.39, 0.29) is 5.75 Å². The van der Waals surface area contributed by atoms with Gasteiger partial charge in [-0.05, 0) is 42.7 Å². The molecule has 1 N–H and O–H groups in total. The van der Waals surface area contributed by atoms with Gasteiger partial charge in [0.05, 0.1) is 16.3 Å². The Morgan fingerprint density at radius 1 is 1.00 bits per heavy atom. The van der Waals surface area contributed by atoms with Gasteiger partial charge >= 0.3 is 0 Å². The number of hydrogen-bond donors (Lipinski definition) is 1. The Morgan fingerprint density at radius 2 is 1.71 bits per heavy atom. The van der Waals surface area contributed by atoms with Gasteiger partial charge in [-0.15, -0.1) is 0 Å². The van der Waals surface area contributed by atoms with Gasteiger partial charge in [0.2, 0.25) is 0 Å². The average molecular weight is 303 g/mol. The van der Waals surface area contributed by atoms with Crippen molar-refractivity contribution in [2.75, 3.05) is 11.1 Å². The number of rotatable bonds is 5. The third-order valence-corrected chi connectivity index (χ3v) is 5.57.